The van der Waals surface area contributed by atoms with Crippen LogP contribution < -0.4 is 4.72 Å². The van der Waals surface area contributed by atoms with Gasteiger partial charge in [0.2, 0.25) is 10.0 Å². The van der Waals surface area contributed by atoms with Crippen molar-refractivity contribution in [3.05, 3.63) is 58.9 Å². The molecule has 3 nitrogen and oxygen atoms in total. The fraction of sp³-hybridized carbons (Fsp3) is 0.294. The molecule has 0 saturated carbocycles. The number of nitrogens with one attached hydrogen (secondary N) is 1. The molecule has 122 valence electrons. The predicted octanol–water partition coefficient (Wildman–Crippen LogP) is 3.96. The number of thioether (sulfide) groups is 1. The summed E-state index contributed by atoms with van der Waals surface area (Å²) in [4.78, 5) is 1.21. The quantitative estimate of drug-likeness (QED) is 0.910. The van der Waals surface area contributed by atoms with Crippen LogP contribution in [0.5, 0.6) is 0 Å². The second-order valence-electron chi connectivity index (χ2n) is 5.76. The molecule has 1 unspecified atom stereocenters. The second-order valence-corrected chi connectivity index (χ2v) is 8.58. The van der Waals surface area contributed by atoms with Crippen molar-refractivity contribution in [3.8, 4) is 0 Å². The van der Waals surface area contributed by atoms with Crippen LogP contribution in [0.1, 0.15) is 29.2 Å². The highest BCUT2D eigenvalue weighted by molar-refractivity contribution is 7.99. The van der Waals surface area contributed by atoms with Gasteiger partial charge in [-0.3, -0.25) is 0 Å². The Morgan fingerprint density at radius 1 is 1.17 bits per heavy atom. The Hall–Kier alpha value is -1.37. The number of fused-ring (bicyclic) bond motifs is 1. The van der Waals surface area contributed by atoms with Crippen LogP contribution in [0.2, 0.25) is 0 Å². The molecule has 2 aromatic carbocycles. The highest BCUT2D eigenvalue weighted by Gasteiger charge is 2.27. The first-order valence-corrected chi connectivity index (χ1v) is 9.85. The van der Waals surface area contributed by atoms with Crippen LogP contribution in [0.3, 0.4) is 0 Å². The molecule has 0 aliphatic carbocycles. The van der Waals surface area contributed by atoms with E-state index >= 15 is 0 Å². The van der Waals surface area contributed by atoms with Crippen LogP contribution >= 0.6 is 11.8 Å². The fourth-order valence-corrected chi connectivity index (χ4v) is 5.42. The van der Waals surface area contributed by atoms with Crippen molar-refractivity contribution in [2.75, 3.05) is 5.75 Å². The number of halogens is 1. The number of sulfonamides is 1. The maximum atomic E-state index is 13.5. The Morgan fingerprint density at radius 2 is 1.96 bits per heavy atom. The average Bonchev–Trinajstić information content (AvgIpc) is 2.47. The van der Waals surface area contributed by atoms with E-state index in [0.717, 1.165) is 21.8 Å². The van der Waals surface area contributed by atoms with Crippen LogP contribution in [-0.2, 0) is 10.0 Å². The van der Waals surface area contributed by atoms with Gasteiger partial charge in [-0.05, 0) is 61.4 Å². The lowest BCUT2D eigenvalue weighted by Gasteiger charge is -2.26. The number of aryl methyl sites for hydroxylation is 2. The van der Waals surface area contributed by atoms with Gasteiger partial charge in [0.25, 0.3) is 0 Å². The summed E-state index contributed by atoms with van der Waals surface area (Å²) in [7, 11) is -3.64. The van der Waals surface area contributed by atoms with Crippen molar-refractivity contribution in [1.29, 1.82) is 0 Å². The molecule has 23 heavy (non-hydrogen) atoms. The Kier molecular flexibility index (Phi) is 4.49. The van der Waals surface area contributed by atoms with Crippen LogP contribution in [0.25, 0.3) is 0 Å². The van der Waals surface area contributed by atoms with Crippen molar-refractivity contribution >= 4 is 21.8 Å². The van der Waals surface area contributed by atoms with Crippen LogP contribution in [-0.4, -0.2) is 14.2 Å². The molecule has 0 amide bonds. The fourth-order valence-electron chi connectivity index (χ4n) is 2.84. The zero-order valence-corrected chi connectivity index (χ0v) is 14.6. The van der Waals surface area contributed by atoms with Gasteiger partial charge < -0.3 is 0 Å². The smallest absolute Gasteiger partial charge is 0.207 e. The molecular weight excluding hydrogens is 333 g/mol. The summed E-state index contributed by atoms with van der Waals surface area (Å²) in [6.07, 6.45) is 0.644. The maximum absolute atomic E-state index is 13.5. The third kappa shape index (κ3) is 3.44. The van der Waals surface area contributed by atoms with Crippen molar-refractivity contribution in [2.45, 2.75) is 36.1 Å². The SMILES string of the molecule is Cc1ccc(S(=O)(=O)NC2CCSc3ccc(F)cc32)c(C)c1. The first-order valence-electron chi connectivity index (χ1n) is 7.39. The van der Waals surface area contributed by atoms with Crippen LogP contribution in [0, 0.1) is 19.7 Å². The summed E-state index contributed by atoms with van der Waals surface area (Å²) in [6.45, 7) is 3.71. The molecule has 1 atom stereocenters. The van der Waals surface area contributed by atoms with Gasteiger partial charge in [-0.1, -0.05) is 17.7 Å². The third-order valence-electron chi connectivity index (χ3n) is 3.93. The number of benzene rings is 2. The Bertz CT molecular complexity index is 850. The summed E-state index contributed by atoms with van der Waals surface area (Å²) in [5, 5.41) is 0. The van der Waals surface area contributed by atoms with E-state index < -0.39 is 16.1 Å². The molecule has 0 radical (unpaired) electrons. The molecule has 0 aromatic heterocycles. The molecule has 2 aromatic rings. The first-order chi connectivity index (χ1) is 10.9. The van der Waals surface area contributed by atoms with Crippen molar-refractivity contribution in [1.82, 2.24) is 4.72 Å². The molecule has 1 aliphatic rings. The summed E-state index contributed by atoms with van der Waals surface area (Å²) >= 11 is 1.63. The number of rotatable bonds is 3. The van der Waals surface area contributed by atoms with Crippen molar-refractivity contribution < 1.29 is 12.8 Å². The van der Waals surface area contributed by atoms with E-state index in [0.29, 0.717) is 12.0 Å². The monoisotopic (exact) mass is 351 g/mol. The lowest BCUT2D eigenvalue weighted by atomic mass is 10.0. The van der Waals surface area contributed by atoms with E-state index in [1.165, 1.54) is 12.1 Å². The summed E-state index contributed by atoms with van der Waals surface area (Å²) in [5.74, 6) is 0.459. The lowest BCUT2D eigenvalue weighted by Crippen LogP contribution is -2.31. The largest absolute Gasteiger partial charge is 0.241 e. The predicted molar refractivity (Wildman–Crippen MR) is 90.7 cm³/mol. The van der Waals surface area contributed by atoms with Gasteiger partial charge in [0.15, 0.2) is 0 Å². The normalized spacial score (nSPS) is 17.8. The molecule has 0 fully saturated rings. The molecule has 0 spiro atoms. The van der Waals surface area contributed by atoms with E-state index in [9.17, 15) is 12.8 Å². The van der Waals surface area contributed by atoms with Gasteiger partial charge in [-0.25, -0.2) is 17.5 Å². The molecule has 1 N–H and O–H groups in total. The van der Waals surface area contributed by atoms with E-state index in [1.807, 2.05) is 13.0 Å². The molecule has 6 heteroatoms. The van der Waals surface area contributed by atoms with Gasteiger partial charge in [-0.2, -0.15) is 0 Å². The highest BCUT2D eigenvalue weighted by atomic mass is 32.2. The van der Waals surface area contributed by atoms with Gasteiger partial charge in [0.05, 0.1) is 4.90 Å². The summed E-state index contributed by atoms with van der Waals surface area (Å²) in [6, 6.07) is 9.41. The van der Waals surface area contributed by atoms with E-state index in [4.69, 9.17) is 0 Å². The summed E-state index contributed by atoms with van der Waals surface area (Å²) < 4.78 is 41.7. The van der Waals surface area contributed by atoms with E-state index in [1.54, 1.807) is 36.9 Å². The molecule has 3 rings (SSSR count). The van der Waals surface area contributed by atoms with Gasteiger partial charge in [0, 0.05) is 10.9 Å². The topological polar surface area (TPSA) is 46.2 Å². The average molecular weight is 351 g/mol. The third-order valence-corrected chi connectivity index (χ3v) is 6.68. The Balaban J connectivity index is 1.95. The van der Waals surface area contributed by atoms with Gasteiger partial charge >= 0.3 is 0 Å². The lowest BCUT2D eigenvalue weighted by molar-refractivity contribution is 0.541. The molecule has 0 saturated heterocycles. The summed E-state index contributed by atoms with van der Waals surface area (Å²) in [5.41, 5.74) is 2.44. The standard InChI is InChI=1S/C17H18FNO2S2/c1-11-3-6-17(12(2)9-11)23(20,21)19-15-7-8-22-16-5-4-13(18)10-14(15)16/h3-6,9-10,15,19H,7-8H2,1-2H3. The maximum Gasteiger partial charge on any atom is 0.241 e. The molecular formula is C17H18FNO2S2. The zero-order chi connectivity index (χ0) is 16.6. The van der Waals surface area contributed by atoms with Crippen molar-refractivity contribution in [3.63, 3.8) is 0 Å². The van der Waals surface area contributed by atoms with Gasteiger partial charge in [0.1, 0.15) is 5.82 Å². The number of hydrogen-bond donors (Lipinski definition) is 1. The number of hydrogen-bond acceptors (Lipinski definition) is 3. The minimum Gasteiger partial charge on any atom is -0.207 e. The molecule has 1 heterocycles. The van der Waals surface area contributed by atoms with Gasteiger partial charge in [-0.15, -0.1) is 11.8 Å². The molecule has 1 aliphatic heterocycles. The minimum absolute atomic E-state index is 0.277. The second kappa shape index (κ2) is 6.26. The van der Waals surface area contributed by atoms with Crippen LogP contribution in [0.15, 0.2) is 46.2 Å². The molecule has 0 bridgehead atoms. The first kappa shape index (κ1) is 16.5. The zero-order valence-electron chi connectivity index (χ0n) is 13.0. The van der Waals surface area contributed by atoms with Crippen molar-refractivity contribution in [2.24, 2.45) is 0 Å². The van der Waals surface area contributed by atoms with Crippen LogP contribution in [0.4, 0.5) is 4.39 Å². The Labute approximate surface area is 140 Å². The van der Waals surface area contributed by atoms with E-state index in [-0.39, 0.29) is 10.7 Å². The minimum atomic E-state index is -3.64. The van der Waals surface area contributed by atoms with E-state index in [2.05, 4.69) is 4.72 Å². The highest BCUT2D eigenvalue weighted by Crippen LogP contribution is 2.37. The Morgan fingerprint density at radius 3 is 2.70 bits per heavy atom.